The highest BCUT2D eigenvalue weighted by Crippen LogP contribution is 2.42. The number of H-pyrrole nitrogens is 1. The number of aromatic amines is 1. The summed E-state index contributed by atoms with van der Waals surface area (Å²) in [6.07, 6.45) is -3.85. The summed E-state index contributed by atoms with van der Waals surface area (Å²) in [5.74, 6) is -6.23. The van der Waals surface area contributed by atoms with Crippen molar-refractivity contribution in [3.63, 3.8) is 0 Å². The maximum absolute atomic E-state index is 13.2. The average molecular weight is 311 g/mol. The molecule has 21 heavy (non-hydrogen) atoms. The van der Waals surface area contributed by atoms with E-state index in [1.165, 1.54) is 0 Å². The minimum atomic E-state index is -5.69. The molecule has 0 radical (unpaired) electrons. The molecule has 1 aromatic heterocycles. The van der Waals surface area contributed by atoms with Gasteiger partial charge in [0.1, 0.15) is 0 Å². The number of piperidine rings is 1. The first-order valence-electron chi connectivity index (χ1n) is 6.65. The van der Waals surface area contributed by atoms with Crippen molar-refractivity contribution in [2.45, 2.75) is 31.0 Å². The van der Waals surface area contributed by atoms with Crippen LogP contribution in [0, 0.1) is 5.92 Å². The van der Waals surface area contributed by atoms with Crippen LogP contribution in [0.3, 0.4) is 0 Å². The molecule has 2 N–H and O–H groups in total. The van der Waals surface area contributed by atoms with E-state index >= 15 is 0 Å². The number of rotatable bonds is 2. The molecule has 2 aliphatic rings. The van der Waals surface area contributed by atoms with Crippen molar-refractivity contribution in [2.24, 2.45) is 5.92 Å². The first kappa shape index (κ1) is 14.5. The summed E-state index contributed by atoms with van der Waals surface area (Å²) < 4.78 is 63.4. The van der Waals surface area contributed by atoms with Crippen LogP contribution >= 0.6 is 0 Å². The molecule has 2 unspecified atom stereocenters. The van der Waals surface area contributed by atoms with Crippen LogP contribution in [0.25, 0.3) is 0 Å². The predicted octanol–water partition coefficient (Wildman–Crippen LogP) is 1.65. The molecule has 2 aliphatic heterocycles. The Labute approximate surface area is 116 Å². The molecule has 2 atom stereocenters. The minimum Gasteiger partial charge on any atom is -0.335 e. The second kappa shape index (κ2) is 4.79. The summed E-state index contributed by atoms with van der Waals surface area (Å²) in [5, 5.41) is 8.49. The van der Waals surface area contributed by atoms with Gasteiger partial charge >= 0.3 is 12.1 Å². The molecule has 0 amide bonds. The fourth-order valence-electron chi connectivity index (χ4n) is 2.97. The number of hydrogen-bond acceptors (Lipinski definition) is 4. The molecule has 3 rings (SSSR count). The molecular weight excluding hydrogens is 297 g/mol. The van der Waals surface area contributed by atoms with Gasteiger partial charge in [-0.25, -0.2) is 0 Å². The predicted molar refractivity (Wildman–Crippen MR) is 63.1 cm³/mol. The number of hydrogen-bond donors (Lipinski definition) is 2. The highest BCUT2D eigenvalue weighted by molar-refractivity contribution is 5.34. The molecule has 0 saturated carbocycles. The Bertz CT molecular complexity index is 513. The lowest BCUT2D eigenvalue weighted by Crippen LogP contribution is -2.45. The van der Waals surface area contributed by atoms with Gasteiger partial charge in [0.05, 0.1) is 0 Å². The number of halogens is 5. The number of nitrogens with zero attached hydrogens (tertiary/aromatic N) is 3. The zero-order valence-electron chi connectivity index (χ0n) is 10.9. The summed E-state index contributed by atoms with van der Waals surface area (Å²) >= 11 is 0. The Balaban J connectivity index is 1.85. The number of alkyl halides is 5. The summed E-state index contributed by atoms with van der Waals surface area (Å²) in [6, 6.07) is 0.0434. The van der Waals surface area contributed by atoms with Gasteiger partial charge in [-0.05, 0) is 18.8 Å². The van der Waals surface area contributed by atoms with Crippen molar-refractivity contribution in [3.05, 3.63) is 5.82 Å². The van der Waals surface area contributed by atoms with Gasteiger partial charge in [-0.3, -0.25) is 5.10 Å². The fourth-order valence-corrected chi connectivity index (χ4v) is 2.97. The van der Waals surface area contributed by atoms with Gasteiger partial charge in [-0.1, -0.05) is 0 Å². The lowest BCUT2D eigenvalue weighted by Gasteiger charge is -2.36. The molecular formula is C11H14F5N5. The minimum absolute atomic E-state index is 0.0434. The third-order valence-electron chi connectivity index (χ3n) is 4.06. The normalized spacial score (nSPS) is 27.0. The second-order valence-corrected chi connectivity index (χ2v) is 5.38. The van der Waals surface area contributed by atoms with E-state index in [1.807, 2.05) is 0 Å². The Morgan fingerprint density at radius 2 is 1.90 bits per heavy atom. The van der Waals surface area contributed by atoms with Gasteiger partial charge in [-0.15, -0.1) is 5.10 Å². The van der Waals surface area contributed by atoms with Crippen LogP contribution in [-0.2, 0) is 5.92 Å². The van der Waals surface area contributed by atoms with E-state index in [1.54, 1.807) is 10.00 Å². The van der Waals surface area contributed by atoms with Gasteiger partial charge in [0.25, 0.3) is 0 Å². The Morgan fingerprint density at radius 1 is 1.14 bits per heavy atom. The number of anilines is 1. The van der Waals surface area contributed by atoms with Crippen molar-refractivity contribution in [1.29, 1.82) is 0 Å². The molecule has 0 bridgehead atoms. The summed E-state index contributed by atoms with van der Waals surface area (Å²) in [4.78, 5) is 5.10. The van der Waals surface area contributed by atoms with E-state index in [0.717, 1.165) is 19.4 Å². The lowest BCUT2D eigenvalue weighted by molar-refractivity contribution is -0.292. The van der Waals surface area contributed by atoms with Crippen molar-refractivity contribution in [3.8, 4) is 0 Å². The van der Waals surface area contributed by atoms with Crippen LogP contribution in [-0.4, -0.2) is 47.0 Å². The van der Waals surface area contributed by atoms with Gasteiger partial charge in [-0.2, -0.15) is 26.9 Å². The Hall–Kier alpha value is -1.45. The number of fused-ring (bicyclic) bond motifs is 1. The summed E-state index contributed by atoms with van der Waals surface area (Å²) in [7, 11) is 0. The van der Waals surface area contributed by atoms with Crippen molar-refractivity contribution in [1.82, 2.24) is 20.5 Å². The van der Waals surface area contributed by atoms with Crippen molar-refractivity contribution < 1.29 is 22.0 Å². The van der Waals surface area contributed by atoms with E-state index < -0.39 is 17.9 Å². The Morgan fingerprint density at radius 3 is 2.62 bits per heavy atom. The maximum Gasteiger partial charge on any atom is 0.461 e. The molecule has 5 nitrogen and oxygen atoms in total. The zero-order chi connectivity index (χ0) is 15.3. The van der Waals surface area contributed by atoms with Crippen LogP contribution in [0.2, 0.25) is 0 Å². The first-order valence-corrected chi connectivity index (χ1v) is 6.65. The summed E-state index contributed by atoms with van der Waals surface area (Å²) in [6.45, 7) is 2.03. The quantitative estimate of drug-likeness (QED) is 0.816. The molecule has 0 spiro atoms. The highest BCUT2D eigenvalue weighted by Gasteiger charge is 2.61. The van der Waals surface area contributed by atoms with E-state index in [4.69, 9.17) is 0 Å². The van der Waals surface area contributed by atoms with E-state index in [0.29, 0.717) is 19.0 Å². The number of nitrogens with one attached hydrogen (secondary N) is 2. The SMILES string of the molecule is FC(F)(F)C(F)(F)c1nc(N2CCCC3CNCC32)n[nH]1. The second-order valence-electron chi connectivity index (χ2n) is 5.38. The van der Waals surface area contributed by atoms with E-state index in [-0.39, 0.29) is 12.0 Å². The molecule has 2 saturated heterocycles. The lowest BCUT2D eigenvalue weighted by atomic mass is 9.92. The van der Waals surface area contributed by atoms with E-state index in [9.17, 15) is 22.0 Å². The maximum atomic E-state index is 13.2. The molecule has 10 heteroatoms. The van der Waals surface area contributed by atoms with Crippen LogP contribution in [0.1, 0.15) is 18.7 Å². The smallest absolute Gasteiger partial charge is 0.335 e. The van der Waals surface area contributed by atoms with Crippen LogP contribution in [0.4, 0.5) is 27.9 Å². The van der Waals surface area contributed by atoms with Crippen molar-refractivity contribution >= 4 is 5.95 Å². The monoisotopic (exact) mass is 311 g/mol. The van der Waals surface area contributed by atoms with Gasteiger partial charge in [0, 0.05) is 25.7 Å². The van der Waals surface area contributed by atoms with Crippen LogP contribution in [0.5, 0.6) is 0 Å². The molecule has 0 aliphatic carbocycles. The molecule has 2 fully saturated rings. The average Bonchev–Trinajstić information content (AvgIpc) is 3.06. The van der Waals surface area contributed by atoms with Crippen molar-refractivity contribution in [2.75, 3.05) is 24.5 Å². The first-order chi connectivity index (χ1) is 9.80. The van der Waals surface area contributed by atoms with Crippen LogP contribution in [0.15, 0.2) is 0 Å². The van der Waals surface area contributed by atoms with Gasteiger partial charge < -0.3 is 10.2 Å². The zero-order valence-corrected chi connectivity index (χ0v) is 10.9. The molecule has 118 valence electrons. The number of aromatic nitrogens is 3. The van der Waals surface area contributed by atoms with E-state index in [2.05, 4.69) is 15.4 Å². The highest BCUT2D eigenvalue weighted by atomic mass is 19.4. The third kappa shape index (κ3) is 2.34. The van der Waals surface area contributed by atoms with Crippen LogP contribution < -0.4 is 10.2 Å². The summed E-state index contributed by atoms with van der Waals surface area (Å²) in [5.41, 5.74) is 0. The fraction of sp³-hybridized carbons (Fsp3) is 0.818. The Kier molecular flexibility index (Phi) is 3.30. The third-order valence-corrected chi connectivity index (χ3v) is 4.06. The van der Waals surface area contributed by atoms with Gasteiger partial charge in [0.2, 0.25) is 11.8 Å². The van der Waals surface area contributed by atoms with Gasteiger partial charge in [0.15, 0.2) is 0 Å². The molecule has 0 aromatic carbocycles. The molecule has 3 heterocycles. The standard InChI is InChI=1S/C11H14F5N5/c12-10(13,11(14,15)16)8-18-9(20-19-8)21-3-1-2-6-4-17-5-7(6)21/h6-7,17H,1-5H2,(H,18,19,20). The topological polar surface area (TPSA) is 56.8 Å². The molecule has 1 aromatic rings. The largest absolute Gasteiger partial charge is 0.461 e.